The topological polar surface area (TPSA) is 111 Å². The zero-order valence-corrected chi connectivity index (χ0v) is 22.8. The number of nitriles is 1. The molecule has 2 atom stereocenters. The third-order valence-corrected chi connectivity index (χ3v) is 8.05. The van der Waals surface area contributed by atoms with Gasteiger partial charge in [-0.15, -0.1) is 0 Å². The van der Waals surface area contributed by atoms with Crippen LogP contribution in [0.3, 0.4) is 0 Å². The van der Waals surface area contributed by atoms with Gasteiger partial charge in [0.15, 0.2) is 0 Å². The molecule has 3 aromatic rings. The quantitative estimate of drug-likeness (QED) is 0.297. The van der Waals surface area contributed by atoms with Crippen LogP contribution < -0.4 is 16.4 Å². The number of nitrogens with zero attached hydrogens (tertiary/aromatic N) is 2. The number of amides is 3. The number of benzene rings is 3. The van der Waals surface area contributed by atoms with Crippen molar-refractivity contribution in [3.63, 3.8) is 0 Å². The molecule has 7 nitrogen and oxygen atoms in total. The lowest BCUT2D eigenvalue weighted by Gasteiger charge is -2.32. The molecule has 9 heteroatoms. The molecule has 0 spiro atoms. The van der Waals surface area contributed by atoms with Gasteiger partial charge in [0.05, 0.1) is 22.9 Å². The van der Waals surface area contributed by atoms with Crippen molar-refractivity contribution in [2.45, 2.75) is 50.1 Å². The van der Waals surface area contributed by atoms with E-state index in [0.717, 1.165) is 12.0 Å². The van der Waals surface area contributed by atoms with Gasteiger partial charge in [-0.25, -0.2) is 9.18 Å². The molecule has 1 aliphatic carbocycles. The van der Waals surface area contributed by atoms with E-state index in [-0.39, 0.29) is 5.69 Å². The third-order valence-electron chi connectivity index (χ3n) is 7.80. The fraction of sp³-hybridized carbons (Fsp3) is 0.323. The number of nitrogens with two attached hydrogens (primary N) is 1. The second-order valence-electron chi connectivity index (χ2n) is 10.6. The van der Waals surface area contributed by atoms with Gasteiger partial charge in [0.2, 0.25) is 5.91 Å². The maximum Gasteiger partial charge on any atom is 0.322 e. The van der Waals surface area contributed by atoms with E-state index in [1.807, 2.05) is 6.07 Å². The van der Waals surface area contributed by atoms with E-state index in [4.69, 9.17) is 17.3 Å². The molecule has 5 rings (SSSR count). The molecule has 1 aliphatic heterocycles. The molecule has 4 N–H and O–H groups in total. The van der Waals surface area contributed by atoms with E-state index < -0.39 is 29.3 Å². The van der Waals surface area contributed by atoms with E-state index in [0.29, 0.717) is 53.6 Å². The average Bonchev–Trinajstić information content (AvgIpc) is 3.66. The number of hydrogen-bond donors (Lipinski definition) is 3. The number of rotatable bonds is 8. The van der Waals surface area contributed by atoms with Crippen LogP contribution in [-0.4, -0.2) is 29.4 Å². The Kier molecular flexibility index (Phi) is 8.06. The van der Waals surface area contributed by atoms with Crippen LogP contribution in [0.5, 0.6) is 0 Å². The standard InChI is InChI=1S/C31H31ClFN5O2/c32-24-9-11-25(12-10-24)36-30(40)38-16-2-5-28(38)29(39)37-27-18-23(8-13-26(27)33)31(35,15-14-20-6-7-20)22-4-1-3-21(17-22)19-34/h1,3-4,8-13,17-18,20,28H,2,5-7,14-16,35H2,(H,36,40)(H,37,39)/t28-,31?/m1/s1. The summed E-state index contributed by atoms with van der Waals surface area (Å²) < 4.78 is 15.0. The molecule has 3 aromatic carbocycles. The highest BCUT2D eigenvalue weighted by molar-refractivity contribution is 6.30. The molecule has 0 aromatic heterocycles. The van der Waals surface area contributed by atoms with Crippen molar-refractivity contribution in [2.24, 2.45) is 11.7 Å². The molecule has 40 heavy (non-hydrogen) atoms. The summed E-state index contributed by atoms with van der Waals surface area (Å²) in [6, 6.07) is 19.4. The number of likely N-dealkylation sites (tertiary alicyclic amines) is 1. The Morgan fingerprint density at radius 2 is 1.80 bits per heavy atom. The van der Waals surface area contributed by atoms with Gasteiger partial charge in [-0.2, -0.15) is 5.26 Å². The fourth-order valence-electron chi connectivity index (χ4n) is 5.29. The molecular formula is C31H31ClFN5O2. The van der Waals surface area contributed by atoms with Crippen molar-refractivity contribution in [3.8, 4) is 6.07 Å². The largest absolute Gasteiger partial charge is 0.322 e. The smallest absolute Gasteiger partial charge is 0.322 e. The minimum absolute atomic E-state index is 0.00476. The second-order valence-corrected chi connectivity index (χ2v) is 11.1. The summed E-state index contributed by atoms with van der Waals surface area (Å²) in [4.78, 5) is 27.7. The number of urea groups is 1. The molecule has 1 saturated heterocycles. The molecular weight excluding hydrogens is 529 g/mol. The monoisotopic (exact) mass is 559 g/mol. The highest BCUT2D eigenvalue weighted by Gasteiger charge is 2.36. The zero-order valence-electron chi connectivity index (χ0n) is 22.0. The summed E-state index contributed by atoms with van der Waals surface area (Å²) in [6.45, 7) is 0.405. The number of hydrogen-bond acceptors (Lipinski definition) is 4. The fourth-order valence-corrected chi connectivity index (χ4v) is 5.41. The highest BCUT2D eigenvalue weighted by Crippen LogP contribution is 2.40. The summed E-state index contributed by atoms with van der Waals surface area (Å²) in [7, 11) is 0. The van der Waals surface area contributed by atoms with E-state index in [1.165, 1.54) is 23.8 Å². The lowest BCUT2D eigenvalue weighted by Crippen LogP contribution is -2.45. The van der Waals surface area contributed by atoms with Crippen LogP contribution in [-0.2, 0) is 10.3 Å². The van der Waals surface area contributed by atoms with Gasteiger partial charge < -0.3 is 21.3 Å². The van der Waals surface area contributed by atoms with Crippen LogP contribution in [0, 0.1) is 23.1 Å². The normalized spacial score (nSPS) is 18.1. The Morgan fingerprint density at radius 3 is 2.52 bits per heavy atom. The molecule has 1 heterocycles. The molecule has 3 amide bonds. The predicted molar refractivity (Wildman–Crippen MR) is 153 cm³/mol. The Labute approximate surface area is 238 Å². The zero-order chi connectivity index (χ0) is 28.3. The second kappa shape index (κ2) is 11.7. The van der Waals surface area contributed by atoms with Crippen molar-refractivity contribution in [3.05, 3.63) is 94.3 Å². The predicted octanol–water partition coefficient (Wildman–Crippen LogP) is 6.38. The Hall–Kier alpha value is -3.93. The van der Waals surface area contributed by atoms with Gasteiger partial charge in [-0.1, -0.05) is 42.6 Å². The molecule has 1 saturated carbocycles. The Bertz CT molecular complexity index is 1450. The van der Waals surface area contributed by atoms with Gasteiger partial charge in [0.1, 0.15) is 11.9 Å². The first-order valence-corrected chi connectivity index (χ1v) is 13.9. The first-order valence-electron chi connectivity index (χ1n) is 13.5. The minimum atomic E-state index is -0.972. The molecule has 206 valence electrons. The van der Waals surface area contributed by atoms with E-state index >= 15 is 4.39 Å². The van der Waals surface area contributed by atoms with Gasteiger partial charge in [0.25, 0.3) is 0 Å². The van der Waals surface area contributed by atoms with E-state index in [9.17, 15) is 14.9 Å². The van der Waals surface area contributed by atoms with Crippen molar-refractivity contribution < 1.29 is 14.0 Å². The van der Waals surface area contributed by atoms with Crippen LogP contribution in [0.25, 0.3) is 0 Å². The lowest BCUT2D eigenvalue weighted by molar-refractivity contribution is -0.119. The average molecular weight is 560 g/mol. The Morgan fingerprint density at radius 1 is 1.05 bits per heavy atom. The maximum atomic E-state index is 15.0. The van der Waals surface area contributed by atoms with Gasteiger partial charge in [0, 0.05) is 17.3 Å². The van der Waals surface area contributed by atoms with Crippen LogP contribution in [0.15, 0.2) is 66.7 Å². The van der Waals surface area contributed by atoms with Crippen LogP contribution >= 0.6 is 11.6 Å². The number of anilines is 2. The first kappa shape index (κ1) is 27.6. The van der Waals surface area contributed by atoms with E-state index in [2.05, 4.69) is 16.7 Å². The van der Waals surface area contributed by atoms with Crippen molar-refractivity contribution in [2.75, 3.05) is 17.2 Å². The SMILES string of the molecule is N#Cc1cccc(C(N)(CCC2CC2)c2ccc(F)c(NC(=O)[C@H]3CCCN3C(=O)Nc3ccc(Cl)cc3)c2)c1. The number of carbonyl (C=O) groups is 2. The maximum absolute atomic E-state index is 15.0. The van der Waals surface area contributed by atoms with Crippen LogP contribution in [0.2, 0.25) is 5.02 Å². The molecule has 2 fully saturated rings. The van der Waals surface area contributed by atoms with Crippen molar-refractivity contribution in [1.29, 1.82) is 5.26 Å². The van der Waals surface area contributed by atoms with Gasteiger partial charge in [-0.05, 0) is 91.3 Å². The Balaban J connectivity index is 1.36. The summed E-state index contributed by atoms with van der Waals surface area (Å²) in [5.74, 6) is -0.441. The summed E-state index contributed by atoms with van der Waals surface area (Å²) in [5, 5.41) is 15.5. The van der Waals surface area contributed by atoms with E-state index in [1.54, 1.807) is 54.6 Å². The highest BCUT2D eigenvalue weighted by atomic mass is 35.5. The number of halogens is 2. The van der Waals surface area contributed by atoms with Gasteiger partial charge in [-0.3, -0.25) is 4.79 Å². The molecule has 2 aliphatic rings. The summed E-state index contributed by atoms with van der Waals surface area (Å²) in [5.41, 5.74) is 8.53. The third kappa shape index (κ3) is 6.11. The first-order chi connectivity index (χ1) is 19.3. The minimum Gasteiger partial charge on any atom is -0.322 e. The van der Waals surface area contributed by atoms with Crippen LogP contribution in [0.1, 0.15) is 55.2 Å². The summed E-state index contributed by atoms with van der Waals surface area (Å²) >= 11 is 5.92. The summed E-state index contributed by atoms with van der Waals surface area (Å²) in [6.07, 6.45) is 4.98. The number of carbonyl (C=O) groups excluding carboxylic acids is 2. The molecule has 1 unspecified atom stereocenters. The molecule has 0 bridgehead atoms. The van der Waals surface area contributed by atoms with Crippen molar-refractivity contribution >= 4 is 34.9 Å². The van der Waals surface area contributed by atoms with Crippen LogP contribution in [0.4, 0.5) is 20.6 Å². The van der Waals surface area contributed by atoms with Crippen molar-refractivity contribution in [1.82, 2.24) is 4.90 Å². The number of nitrogens with one attached hydrogen (secondary N) is 2. The van der Waals surface area contributed by atoms with Gasteiger partial charge >= 0.3 is 6.03 Å². The lowest BCUT2D eigenvalue weighted by atomic mass is 9.79. The molecule has 0 radical (unpaired) electrons.